The van der Waals surface area contributed by atoms with E-state index in [1.165, 1.54) is 0 Å². The molecule has 1 aromatic rings. The Morgan fingerprint density at radius 2 is 2.09 bits per heavy atom. The molecule has 3 heteroatoms. The predicted molar refractivity (Wildman–Crippen MR) is 96.0 cm³/mol. The number of benzene rings is 1. The van der Waals surface area contributed by atoms with Gasteiger partial charge in [0.25, 0.3) is 0 Å². The topological polar surface area (TPSA) is 47.3 Å². The molecule has 22 heavy (non-hydrogen) atoms. The minimum absolute atomic E-state index is 0.116. The first kappa shape index (κ1) is 16.9. The number of anilines is 2. The highest BCUT2D eigenvalue weighted by molar-refractivity contribution is 5.75. The molecule has 0 radical (unpaired) electrons. The molecule has 1 aliphatic rings. The van der Waals surface area contributed by atoms with Crippen LogP contribution in [0.1, 0.15) is 46.6 Å². The second-order valence-electron chi connectivity index (χ2n) is 8.34. The molecule has 0 aliphatic carbocycles. The van der Waals surface area contributed by atoms with Crippen LogP contribution in [0.5, 0.6) is 0 Å². The SMILES string of the molecule is C=C(CC(C)(C)C)c1ccc(N)c(NC2COCC2(C)C)c1. The Bertz CT molecular complexity index is 555. The van der Waals surface area contributed by atoms with Crippen molar-refractivity contribution in [3.63, 3.8) is 0 Å². The average molecular weight is 302 g/mol. The Hall–Kier alpha value is -1.48. The second kappa shape index (κ2) is 5.96. The molecule has 1 unspecified atom stereocenters. The first-order chi connectivity index (χ1) is 10.1. The van der Waals surface area contributed by atoms with Gasteiger partial charge >= 0.3 is 0 Å². The number of rotatable bonds is 4. The molecule has 1 heterocycles. The fourth-order valence-corrected chi connectivity index (χ4v) is 2.83. The lowest BCUT2D eigenvalue weighted by molar-refractivity contribution is 0.167. The van der Waals surface area contributed by atoms with Gasteiger partial charge in [-0.2, -0.15) is 0 Å². The van der Waals surface area contributed by atoms with Crippen molar-refractivity contribution in [3.05, 3.63) is 30.3 Å². The predicted octanol–water partition coefficient (Wildman–Crippen LogP) is 4.56. The molecule has 1 fully saturated rings. The van der Waals surface area contributed by atoms with E-state index in [9.17, 15) is 0 Å². The van der Waals surface area contributed by atoms with Crippen LogP contribution in [-0.4, -0.2) is 19.3 Å². The van der Waals surface area contributed by atoms with Gasteiger partial charge in [-0.05, 0) is 35.1 Å². The van der Waals surface area contributed by atoms with Crippen molar-refractivity contribution in [3.8, 4) is 0 Å². The molecule has 0 bridgehead atoms. The lowest BCUT2D eigenvalue weighted by Gasteiger charge is -2.27. The van der Waals surface area contributed by atoms with Crippen molar-refractivity contribution < 1.29 is 4.74 Å². The molecule has 0 saturated carbocycles. The molecule has 1 aromatic carbocycles. The van der Waals surface area contributed by atoms with Crippen molar-refractivity contribution in [2.75, 3.05) is 24.3 Å². The summed E-state index contributed by atoms with van der Waals surface area (Å²) in [6.45, 7) is 16.9. The molecule has 3 nitrogen and oxygen atoms in total. The van der Waals surface area contributed by atoms with Crippen LogP contribution in [0, 0.1) is 10.8 Å². The van der Waals surface area contributed by atoms with Crippen LogP contribution in [-0.2, 0) is 4.74 Å². The largest absolute Gasteiger partial charge is 0.397 e. The molecule has 0 amide bonds. The molecule has 1 saturated heterocycles. The van der Waals surface area contributed by atoms with E-state index in [0.29, 0.717) is 0 Å². The zero-order chi connectivity index (χ0) is 16.5. The van der Waals surface area contributed by atoms with Gasteiger partial charge in [-0.25, -0.2) is 0 Å². The summed E-state index contributed by atoms with van der Waals surface area (Å²) >= 11 is 0. The Morgan fingerprint density at radius 3 is 2.64 bits per heavy atom. The number of hydrogen-bond acceptors (Lipinski definition) is 3. The second-order valence-corrected chi connectivity index (χ2v) is 8.34. The van der Waals surface area contributed by atoms with Gasteiger partial charge in [-0.3, -0.25) is 0 Å². The van der Waals surface area contributed by atoms with Gasteiger partial charge < -0.3 is 15.8 Å². The minimum atomic E-state index is 0.116. The van der Waals surface area contributed by atoms with Crippen molar-refractivity contribution in [1.29, 1.82) is 0 Å². The maximum absolute atomic E-state index is 6.15. The molecule has 0 spiro atoms. The van der Waals surface area contributed by atoms with Gasteiger partial charge in [0.2, 0.25) is 0 Å². The summed E-state index contributed by atoms with van der Waals surface area (Å²) in [6, 6.07) is 6.43. The molecule has 1 aliphatic heterocycles. The van der Waals surface area contributed by atoms with E-state index >= 15 is 0 Å². The van der Waals surface area contributed by atoms with Crippen LogP contribution in [0.25, 0.3) is 5.57 Å². The van der Waals surface area contributed by atoms with E-state index in [2.05, 4.69) is 58.6 Å². The van der Waals surface area contributed by atoms with Crippen molar-refractivity contribution in [2.24, 2.45) is 10.8 Å². The summed E-state index contributed by atoms with van der Waals surface area (Å²) in [6.07, 6.45) is 0.967. The highest BCUT2D eigenvalue weighted by Gasteiger charge is 2.35. The maximum Gasteiger partial charge on any atom is 0.0674 e. The molecule has 1 atom stereocenters. The first-order valence-electron chi connectivity index (χ1n) is 8.00. The van der Waals surface area contributed by atoms with Gasteiger partial charge in [-0.15, -0.1) is 0 Å². The quantitative estimate of drug-likeness (QED) is 0.802. The molecular formula is C19H30N2O. The van der Waals surface area contributed by atoms with Crippen LogP contribution >= 0.6 is 0 Å². The van der Waals surface area contributed by atoms with Gasteiger partial charge in [0.15, 0.2) is 0 Å². The van der Waals surface area contributed by atoms with Crippen molar-refractivity contribution in [1.82, 2.24) is 0 Å². The molecule has 0 aromatic heterocycles. The standard InChI is InChI=1S/C19H30N2O/c1-13(10-18(2,3)4)14-7-8-15(20)16(9-14)21-17-11-22-12-19(17,5)6/h7-9,17,21H,1,10-12,20H2,2-6H3. The van der Waals surface area contributed by atoms with E-state index in [1.807, 2.05) is 6.07 Å². The van der Waals surface area contributed by atoms with Gasteiger partial charge in [0.1, 0.15) is 0 Å². The zero-order valence-corrected chi connectivity index (χ0v) is 14.6. The number of nitrogens with one attached hydrogen (secondary N) is 1. The summed E-state index contributed by atoms with van der Waals surface area (Å²) in [5.74, 6) is 0. The summed E-state index contributed by atoms with van der Waals surface area (Å²) in [7, 11) is 0. The maximum atomic E-state index is 6.15. The smallest absolute Gasteiger partial charge is 0.0674 e. The Kier molecular flexibility index (Phi) is 4.57. The summed E-state index contributed by atoms with van der Waals surface area (Å²) < 4.78 is 5.61. The van der Waals surface area contributed by atoms with Crippen LogP contribution in [0.3, 0.4) is 0 Å². The summed E-state index contributed by atoms with van der Waals surface area (Å²) in [5, 5.41) is 3.57. The van der Waals surface area contributed by atoms with E-state index in [1.54, 1.807) is 0 Å². The number of nitrogens with two attached hydrogens (primary N) is 1. The lowest BCUT2D eigenvalue weighted by atomic mass is 9.85. The Balaban J connectivity index is 2.19. The third-order valence-electron chi connectivity index (χ3n) is 4.24. The van der Waals surface area contributed by atoms with Crippen LogP contribution in [0.15, 0.2) is 24.8 Å². The monoisotopic (exact) mass is 302 g/mol. The normalized spacial score (nSPS) is 20.9. The van der Waals surface area contributed by atoms with E-state index in [4.69, 9.17) is 10.5 Å². The molecule has 122 valence electrons. The minimum Gasteiger partial charge on any atom is -0.397 e. The van der Waals surface area contributed by atoms with E-state index in [0.717, 1.165) is 42.1 Å². The van der Waals surface area contributed by atoms with Crippen LogP contribution in [0.2, 0.25) is 0 Å². The fraction of sp³-hybridized carbons (Fsp3) is 0.579. The van der Waals surface area contributed by atoms with E-state index in [-0.39, 0.29) is 16.9 Å². The third kappa shape index (κ3) is 4.04. The summed E-state index contributed by atoms with van der Waals surface area (Å²) in [4.78, 5) is 0. The number of hydrogen-bond donors (Lipinski definition) is 2. The summed E-state index contributed by atoms with van der Waals surface area (Å²) in [5.41, 5.74) is 10.6. The Labute approximate surface area is 134 Å². The van der Waals surface area contributed by atoms with Crippen molar-refractivity contribution >= 4 is 16.9 Å². The third-order valence-corrected chi connectivity index (χ3v) is 4.24. The molecular weight excluding hydrogens is 272 g/mol. The van der Waals surface area contributed by atoms with Gasteiger partial charge in [-0.1, -0.05) is 47.3 Å². The fourth-order valence-electron chi connectivity index (χ4n) is 2.83. The average Bonchev–Trinajstić information content (AvgIpc) is 2.69. The molecule has 3 N–H and O–H groups in total. The van der Waals surface area contributed by atoms with Gasteiger partial charge in [0.05, 0.1) is 30.6 Å². The highest BCUT2D eigenvalue weighted by atomic mass is 16.5. The lowest BCUT2D eigenvalue weighted by Crippen LogP contribution is -2.34. The van der Waals surface area contributed by atoms with Gasteiger partial charge in [0, 0.05) is 5.41 Å². The van der Waals surface area contributed by atoms with Crippen molar-refractivity contribution in [2.45, 2.75) is 47.1 Å². The number of nitrogen functional groups attached to an aromatic ring is 1. The molecule has 2 rings (SSSR count). The zero-order valence-electron chi connectivity index (χ0n) is 14.6. The highest BCUT2D eigenvalue weighted by Crippen LogP contribution is 2.34. The first-order valence-corrected chi connectivity index (χ1v) is 8.00. The number of ether oxygens (including phenoxy) is 1. The van der Waals surface area contributed by atoms with E-state index < -0.39 is 0 Å². The Morgan fingerprint density at radius 1 is 1.41 bits per heavy atom. The van der Waals surface area contributed by atoms with Crippen LogP contribution in [0.4, 0.5) is 11.4 Å². The van der Waals surface area contributed by atoms with Crippen LogP contribution < -0.4 is 11.1 Å². The number of allylic oxidation sites excluding steroid dienone is 1.